The van der Waals surface area contributed by atoms with E-state index in [9.17, 15) is 0 Å². The van der Waals surface area contributed by atoms with Crippen LogP contribution in [0.2, 0.25) is 0 Å². The van der Waals surface area contributed by atoms with Gasteiger partial charge < -0.3 is 10.1 Å². The Balaban J connectivity index is 1.60. The molecule has 1 heterocycles. The summed E-state index contributed by atoms with van der Waals surface area (Å²) in [5.41, 5.74) is 1.44. The molecule has 0 saturated carbocycles. The highest BCUT2D eigenvalue weighted by molar-refractivity contribution is 5.18. The molecule has 0 aromatic heterocycles. The van der Waals surface area contributed by atoms with E-state index in [0.717, 1.165) is 19.7 Å². The standard InChI is InChI=1S/C16H25NO/c1-14(15-7-3-2-4-8-15)10-11-17-13-16-9-5-6-12-18-16/h2-4,7-8,14,16-17H,5-6,9-13H2,1H3. The second kappa shape index (κ2) is 7.55. The van der Waals surface area contributed by atoms with Crippen LogP contribution in [0.1, 0.15) is 44.1 Å². The van der Waals surface area contributed by atoms with Crippen molar-refractivity contribution in [3.63, 3.8) is 0 Å². The summed E-state index contributed by atoms with van der Waals surface area (Å²) in [6, 6.07) is 10.8. The zero-order chi connectivity index (χ0) is 12.6. The lowest BCUT2D eigenvalue weighted by molar-refractivity contribution is 0.0170. The fourth-order valence-corrected chi connectivity index (χ4v) is 2.50. The van der Waals surface area contributed by atoms with Crippen LogP contribution in [0.15, 0.2) is 30.3 Å². The Morgan fingerprint density at radius 3 is 2.83 bits per heavy atom. The van der Waals surface area contributed by atoms with Crippen LogP contribution in [0.4, 0.5) is 0 Å². The first-order chi connectivity index (χ1) is 8.86. The first-order valence-electron chi connectivity index (χ1n) is 7.23. The van der Waals surface area contributed by atoms with Gasteiger partial charge in [-0.15, -0.1) is 0 Å². The summed E-state index contributed by atoms with van der Waals surface area (Å²) in [5.74, 6) is 0.631. The van der Waals surface area contributed by atoms with Gasteiger partial charge in [-0.3, -0.25) is 0 Å². The summed E-state index contributed by atoms with van der Waals surface area (Å²) in [5, 5.41) is 3.53. The predicted molar refractivity (Wildman–Crippen MR) is 75.9 cm³/mol. The molecule has 2 atom stereocenters. The van der Waals surface area contributed by atoms with Gasteiger partial charge in [0.05, 0.1) is 6.10 Å². The second-order valence-electron chi connectivity index (χ2n) is 5.29. The lowest BCUT2D eigenvalue weighted by atomic mass is 9.98. The van der Waals surface area contributed by atoms with E-state index in [2.05, 4.69) is 42.6 Å². The largest absolute Gasteiger partial charge is 0.377 e. The maximum atomic E-state index is 5.71. The topological polar surface area (TPSA) is 21.3 Å². The van der Waals surface area contributed by atoms with E-state index in [4.69, 9.17) is 4.74 Å². The van der Waals surface area contributed by atoms with Crippen molar-refractivity contribution < 1.29 is 4.74 Å². The van der Waals surface area contributed by atoms with Crippen LogP contribution in [0, 0.1) is 0 Å². The number of nitrogens with one attached hydrogen (secondary N) is 1. The van der Waals surface area contributed by atoms with Crippen molar-refractivity contribution in [2.45, 2.75) is 44.6 Å². The molecule has 0 spiro atoms. The average molecular weight is 247 g/mol. The molecule has 1 aliphatic rings. The monoisotopic (exact) mass is 247 g/mol. The zero-order valence-electron chi connectivity index (χ0n) is 11.4. The molecular formula is C16H25NO. The van der Waals surface area contributed by atoms with Crippen molar-refractivity contribution in [2.24, 2.45) is 0 Å². The SMILES string of the molecule is CC(CCNCC1CCCCO1)c1ccccc1. The molecule has 1 saturated heterocycles. The van der Waals surface area contributed by atoms with Gasteiger partial charge in [0, 0.05) is 13.2 Å². The minimum atomic E-state index is 0.450. The number of hydrogen-bond donors (Lipinski definition) is 1. The smallest absolute Gasteiger partial charge is 0.0699 e. The van der Waals surface area contributed by atoms with E-state index in [-0.39, 0.29) is 0 Å². The Morgan fingerprint density at radius 1 is 1.28 bits per heavy atom. The van der Waals surface area contributed by atoms with Crippen molar-refractivity contribution in [1.29, 1.82) is 0 Å². The number of ether oxygens (including phenoxy) is 1. The first-order valence-corrected chi connectivity index (χ1v) is 7.23. The van der Waals surface area contributed by atoms with E-state index < -0.39 is 0 Å². The van der Waals surface area contributed by atoms with Gasteiger partial charge >= 0.3 is 0 Å². The fraction of sp³-hybridized carbons (Fsp3) is 0.625. The van der Waals surface area contributed by atoms with Gasteiger partial charge in [0.2, 0.25) is 0 Å². The summed E-state index contributed by atoms with van der Waals surface area (Å²) in [6.07, 6.45) is 5.43. The number of benzene rings is 1. The molecule has 2 nitrogen and oxygen atoms in total. The Labute approximate surface area is 111 Å². The Bertz CT molecular complexity index is 319. The van der Waals surface area contributed by atoms with Crippen LogP contribution in [0.5, 0.6) is 0 Å². The third-order valence-corrected chi connectivity index (χ3v) is 3.77. The van der Waals surface area contributed by atoms with Crippen LogP contribution >= 0.6 is 0 Å². The molecule has 1 fully saturated rings. The molecule has 2 rings (SSSR count). The summed E-state index contributed by atoms with van der Waals surface area (Å²) in [6.45, 7) is 5.35. The summed E-state index contributed by atoms with van der Waals surface area (Å²) < 4.78 is 5.71. The van der Waals surface area contributed by atoms with Crippen molar-refractivity contribution in [1.82, 2.24) is 5.32 Å². The maximum Gasteiger partial charge on any atom is 0.0699 e. The average Bonchev–Trinajstić information content (AvgIpc) is 2.45. The molecule has 1 aromatic carbocycles. The lowest BCUT2D eigenvalue weighted by Gasteiger charge is -2.23. The summed E-state index contributed by atoms with van der Waals surface area (Å²) in [4.78, 5) is 0. The molecular weight excluding hydrogens is 222 g/mol. The van der Waals surface area contributed by atoms with Gasteiger partial charge in [-0.2, -0.15) is 0 Å². The minimum Gasteiger partial charge on any atom is -0.377 e. The van der Waals surface area contributed by atoms with Gasteiger partial charge in [0.1, 0.15) is 0 Å². The third kappa shape index (κ3) is 4.43. The van der Waals surface area contributed by atoms with Gasteiger partial charge in [0.25, 0.3) is 0 Å². The van der Waals surface area contributed by atoms with Crippen LogP contribution < -0.4 is 5.32 Å². The van der Waals surface area contributed by atoms with Gasteiger partial charge in [-0.1, -0.05) is 37.3 Å². The highest BCUT2D eigenvalue weighted by Gasteiger charge is 2.13. The van der Waals surface area contributed by atoms with Crippen molar-refractivity contribution in [2.75, 3.05) is 19.7 Å². The van der Waals surface area contributed by atoms with Gasteiger partial charge in [-0.05, 0) is 43.7 Å². The molecule has 2 heteroatoms. The van der Waals surface area contributed by atoms with Crippen molar-refractivity contribution >= 4 is 0 Å². The quantitative estimate of drug-likeness (QED) is 0.778. The van der Waals surface area contributed by atoms with Crippen LogP contribution in [-0.4, -0.2) is 25.8 Å². The molecule has 100 valence electrons. The fourth-order valence-electron chi connectivity index (χ4n) is 2.50. The maximum absolute atomic E-state index is 5.71. The van der Waals surface area contributed by atoms with Crippen LogP contribution in [0.25, 0.3) is 0 Å². The minimum absolute atomic E-state index is 0.450. The molecule has 0 aliphatic carbocycles. The van der Waals surface area contributed by atoms with E-state index in [0.29, 0.717) is 12.0 Å². The highest BCUT2D eigenvalue weighted by Crippen LogP contribution is 2.17. The molecule has 0 radical (unpaired) electrons. The zero-order valence-corrected chi connectivity index (χ0v) is 11.4. The second-order valence-corrected chi connectivity index (χ2v) is 5.29. The molecule has 0 bridgehead atoms. The summed E-state index contributed by atoms with van der Waals surface area (Å²) >= 11 is 0. The van der Waals surface area contributed by atoms with E-state index in [1.807, 2.05) is 0 Å². The molecule has 18 heavy (non-hydrogen) atoms. The highest BCUT2D eigenvalue weighted by atomic mass is 16.5. The third-order valence-electron chi connectivity index (χ3n) is 3.77. The van der Waals surface area contributed by atoms with E-state index in [1.165, 1.54) is 31.2 Å². The Kier molecular flexibility index (Phi) is 5.69. The summed E-state index contributed by atoms with van der Waals surface area (Å²) in [7, 11) is 0. The predicted octanol–water partition coefficient (Wildman–Crippen LogP) is 3.34. The number of hydrogen-bond acceptors (Lipinski definition) is 2. The van der Waals surface area contributed by atoms with Gasteiger partial charge in [-0.25, -0.2) is 0 Å². The Hall–Kier alpha value is -0.860. The molecule has 2 unspecified atom stereocenters. The van der Waals surface area contributed by atoms with Crippen molar-refractivity contribution in [3.8, 4) is 0 Å². The first kappa shape index (κ1) is 13.6. The molecule has 1 aliphatic heterocycles. The van der Waals surface area contributed by atoms with Gasteiger partial charge in [0.15, 0.2) is 0 Å². The van der Waals surface area contributed by atoms with E-state index >= 15 is 0 Å². The molecule has 1 N–H and O–H groups in total. The Morgan fingerprint density at radius 2 is 2.11 bits per heavy atom. The normalized spacial score (nSPS) is 21.7. The molecule has 1 aromatic rings. The molecule has 0 amide bonds. The van der Waals surface area contributed by atoms with Crippen LogP contribution in [-0.2, 0) is 4.74 Å². The van der Waals surface area contributed by atoms with Crippen molar-refractivity contribution in [3.05, 3.63) is 35.9 Å². The lowest BCUT2D eigenvalue weighted by Crippen LogP contribution is -2.32. The number of rotatable bonds is 6. The van der Waals surface area contributed by atoms with E-state index in [1.54, 1.807) is 0 Å². The van der Waals surface area contributed by atoms with Crippen LogP contribution in [0.3, 0.4) is 0 Å².